The Hall–Kier alpha value is -2.41. The Morgan fingerprint density at radius 2 is 2.25 bits per heavy atom. The lowest BCUT2D eigenvalue weighted by atomic mass is 10.1. The minimum Gasteiger partial charge on any atom is -0.394 e. The molecule has 1 aromatic heterocycles. The third-order valence-corrected chi connectivity index (χ3v) is 4.25. The zero-order valence-corrected chi connectivity index (χ0v) is 13.7. The van der Waals surface area contributed by atoms with Crippen molar-refractivity contribution < 1.29 is 14.4 Å². The summed E-state index contributed by atoms with van der Waals surface area (Å²) in [5, 5.41) is 16.2. The van der Waals surface area contributed by atoms with Crippen molar-refractivity contribution in [3.63, 3.8) is 0 Å². The Bertz CT molecular complexity index is 673. The zero-order chi connectivity index (χ0) is 16.9. The summed E-state index contributed by atoms with van der Waals surface area (Å²) < 4.78 is 5.27. The number of rotatable bonds is 5. The molecule has 2 N–H and O–H groups in total. The van der Waals surface area contributed by atoms with Crippen molar-refractivity contribution in [2.24, 2.45) is 0 Å². The van der Waals surface area contributed by atoms with Crippen LogP contribution in [0.25, 0.3) is 0 Å². The van der Waals surface area contributed by atoms with Gasteiger partial charge in [0.05, 0.1) is 12.6 Å². The van der Waals surface area contributed by atoms with E-state index in [2.05, 4.69) is 15.5 Å². The van der Waals surface area contributed by atoms with E-state index in [0.717, 1.165) is 18.4 Å². The fraction of sp³-hybridized carbons (Fsp3) is 0.471. The lowest BCUT2D eigenvalue weighted by molar-refractivity contribution is 0.153. The van der Waals surface area contributed by atoms with Crippen LogP contribution in [0.3, 0.4) is 0 Å². The number of nitrogens with zero attached hydrogens (tertiary/aromatic N) is 3. The number of benzene rings is 1. The van der Waals surface area contributed by atoms with Crippen molar-refractivity contribution in [1.82, 2.24) is 20.4 Å². The molecule has 0 spiro atoms. The Kier molecular flexibility index (Phi) is 5.10. The molecule has 7 nitrogen and oxygen atoms in total. The SMILES string of the molecule is CC(NC(=O)N1CCC[C@@H]1CO)c1nc(Cc2ccccc2)no1. The molecule has 1 aromatic carbocycles. The van der Waals surface area contributed by atoms with Gasteiger partial charge in [-0.2, -0.15) is 4.98 Å². The first-order chi connectivity index (χ1) is 11.7. The predicted molar refractivity (Wildman–Crippen MR) is 87.3 cm³/mol. The summed E-state index contributed by atoms with van der Waals surface area (Å²) in [6.45, 7) is 2.46. The van der Waals surface area contributed by atoms with Gasteiger partial charge in [0.2, 0.25) is 5.89 Å². The number of carbonyl (C=O) groups excluding carboxylic acids is 1. The van der Waals surface area contributed by atoms with Crippen molar-refractivity contribution in [3.8, 4) is 0 Å². The average Bonchev–Trinajstić information content (AvgIpc) is 3.24. The monoisotopic (exact) mass is 330 g/mol. The second kappa shape index (κ2) is 7.44. The molecule has 128 valence electrons. The largest absolute Gasteiger partial charge is 0.394 e. The fourth-order valence-electron chi connectivity index (χ4n) is 2.92. The Labute approximate surface area is 140 Å². The molecule has 2 aromatic rings. The van der Waals surface area contributed by atoms with Crippen LogP contribution in [0.2, 0.25) is 0 Å². The molecule has 1 saturated heterocycles. The van der Waals surface area contributed by atoms with E-state index in [9.17, 15) is 9.90 Å². The van der Waals surface area contributed by atoms with Crippen molar-refractivity contribution in [2.75, 3.05) is 13.2 Å². The van der Waals surface area contributed by atoms with Gasteiger partial charge < -0.3 is 19.8 Å². The highest BCUT2D eigenvalue weighted by molar-refractivity contribution is 5.75. The van der Waals surface area contributed by atoms with E-state index in [0.29, 0.717) is 24.7 Å². The number of aromatic nitrogens is 2. The first kappa shape index (κ1) is 16.4. The maximum atomic E-state index is 12.3. The van der Waals surface area contributed by atoms with E-state index in [1.807, 2.05) is 37.3 Å². The van der Waals surface area contributed by atoms with E-state index in [4.69, 9.17) is 4.52 Å². The summed E-state index contributed by atoms with van der Waals surface area (Å²) in [4.78, 5) is 18.3. The van der Waals surface area contributed by atoms with Crippen molar-refractivity contribution in [2.45, 2.75) is 38.3 Å². The number of aliphatic hydroxyl groups excluding tert-OH is 1. The van der Waals surface area contributed by atoms with E-state index < -0.39 is 0 Å². The summed E-state index contributed by atoms with van der Waals surface area (Å²) in [5.74, 6) is 0.973. The van der Waals surface area contributed by atoms with Crippen LogP contribution in [0, 0.1) is 0 Å². The highest BCUT2D eigenvalue weighted by Gasteiger charge is 2.29. The van der Waals surface area contributed by atoms with Gasteiger partial charge in [-0.15, -0.1) is 0 Å². The first-order valence-electron chi connectivity index (χ1n) is 8.21. The van der Waals surface area contributed by atoms with Gasteiger partial charge in [-0.1, -0.05) is 35.5 Å². The molecule has 0 saturated carbocycles. The van der Waals surface area contributed by atoms with Crippen LogP contribution in [0.5, 0.6) is 0 Å². The lowest BCUT2D eigenvalue weighted by Gasteiger charge is -2.24. The number of urea groups is 1. The van der Waals surface area contributed by atoms with Gasteiger partial charge in [-0.05, 0) is 25.3 Å². The molecular weight excluding hydrogens is 308 g/mol. The van der Waals surface area contributed by atoms with E-state index in [1.54, 1.807) is 4.90 Å². The summed E-state index contributed by atoms with van der Waals surface area (Å²) in [5.41, 5.74) is 1.10. The molecule has 3 rings (SSSR count). The van der Waals surface area contributed by atoms with Gasteiger partial charge in [0.1, 0.15) is 6.04 Å². The Balaban J connectivity index is 1.59. The normalized spacial score (nSPS) is 18.6. The molecule has 0 bridgehead atoms. The number of hydrogen-bond acceptors (Lipinski definition) is 5. The Morgan fingerprint density at radius 3 is 3.00 bits per heavy atom. The molecule has 2 heterocycles. The smallest absolute Gasteiger partial charge is 0.318 e. The van der Waals surface area contributed by atoms with Crippen LogP contribution in [0.1, 0.15) is 43.1 Å². The molecule has 2 atom stereocenters. The van der Waals surface area contributed by atoms with Crippen LogP contribution in [-0.2, 0) is 6.42 Å². The minimum atomic E-state index is -0.380. The lowest BCUT2D eigenvalue weighted by Crippen LogP contribution is -2.45. The summed E-state index contributed by atoms with van der Waals surface area (Å²) in [6.07, 6.45) is 2.33. The van der Waals surface area contributed by atoms with Crippen molar-refractivity contribution >= 4 is 6.03 Å². The second-order valence-electron chi connectivity index (χ2n) is 6.05. The summed E-state index contributed by atoms with van der Waals surface area (Å²) in [7, 11) is 0. The number of likely N-dealkylation sites (tertiary alicyclic amines) is 1. The number of carbonyl (C=O) groups is 1. The van der Waals surface area contributed by atoms with E-state index in [1.165, 1.54) is 0 Å². The molecule has 1 unspecified atom stereocenters. The van der Waals surface area contributed by atoms with Crippen molar-refractivity contribution in [3.05, 3.63) is 47.6 Å². The molecule has 1 fully saturated rings. The number of aliphatic hydroxyl groups is 1. The average molecular weight is 330 g/mol. The van der Waals surface area contributed by atoms with Gasteiger partial charge >= 0.3 is 6.03 Å². The van der Waals surface area contributed by atoms with Gasteiger partial charge in [0.25, 0.3) is 0 Å². The minimum absolute atomic E-state index is 0.0103. The number of nitrogens with one attached hydrogen (secondary N) is 1. The van der Waals surface area contributed by atoms with Gasteiger partial charge in [-0.3, -0.25) is 0 Å². The first-order valence-corrected chi connectivity index (χ1v) is 8.21. The fourth-order valence-corrected chi connectivity index (χ4v) is 2.92. The number of amides is 2. The van der Waals surface area contributed by atoms with Crippen LogP contribution in [0.4, 0.5) is 4.79 Å². The zero-order valence-electron chi connectivity index (χ0n) is 13.7. The molecule has 0 radical (unpaired) electrons. The summed E-state index contributed by atoms with van der Waals surface area (Å²) in [6, 6.07) is 9.21. The molecule has 7 heteroatoms. The quantitative estimate of drug-likeness (QED) is 0.873. The third kappa shape index (κ3) is 3.73. The molecule has 0 aliphatic carbocycles. The predicted octanol–water partition coefficient (Wildman–Crippen LogP) is 1.89. The maximum absolute atomic E-state index is 12.3. The van der Waals surface area contributed by atoms with Gasteiger partial charge in [0.15, 0.2) is 5.82 Å². The standard InChI is InChI=1S/C17H22N4O3/c1-12(18-17(23)21-9-5-8-14(21)11-22)16-19-15(20-24-16)10-13-6-3-2-4-7-13/h2-4,6-7,12,14,22H,5,8-11H2,1H3,(H,18,23)/t12?,14-/m1/s1. The van der Waals surface area contributed by atoms with Crippen LogP contribution >= 0.6 is 0 Å². The molecule has 1 aliphatic rings. The molecule has 24 heavy (non-hydrogen) atoms. The third-order valence-electron chi connectivity index (χ3n) is 4.25. The van der Waals surface area contributed by atoms with Gasteiger partial charge in [-0.25, -0.2) is 4.79 Å². The van der Waals surface area contributed by atoms with Crippen molar-refractivity contribution in [1.29, 1.82) is 0 Å². The van der Waals surface area contributed by atoms with E-state index in [-0.39, 0.29) is 24.7 Å². The van der Waals surface area contributed by atoms with Crippen LogP contribution in [-0.4, -0.2) is 45.4 Å². The number of hydrogen-bond donors (Lipinski definition) is 2. The Morgan fingerprint density at radius 1 is 1.46 bits per heavy atom. The second-order valence-corrected chi connectivity index (χ2v) is 6.05. The summed E-state index contributed by atoms with van der Waals surface area (Å²) >= 11 is 0. The van der Waals surface area contributed by atoms with E-state index >= 15 is 0 Å². The maximum Gasteiger partial charge on any atom is 0.318 e. The molecule has 1 aliphatic heterocycles. The highest BCUT2D eigenvalue weighted by atomic mass is 16.5. The highest BCUT2D eigenvalue weighted by Crippen LogP contribution is 2.18. The van der Waals surface area contributed by atoms with Gasteiger partial charge in [0, 0.05) is 13.0 Å². The molecular formula is C17H22N4O3. The van der Waals surface area contributed by atoms with Crippen LogP contribution < -0.4 is 5.32 Å². The topological polar surface area (TPSA) is 91.5 Å². The van der Waals surface area contributed by atoms with Crippen LogP contribution in [0.15, 0.2) is 34.9 Å². The molecule has 2 amide bonds.